The molecule has 0 unspecified atom stereocenters. The summed E-state index contributed by atoms with van der Waals surface area (Å²) in [6.45, 7) is 2.18. The van der Waals surface area contributed by atoms with E-state index in [2.05, 4.69) is 114 Å². The van der Waals surface area contributed by atoms with Crippen molar-refractivity contribution in [2.45, 2.75) is 18.8 Å². The number of pyridine rings is 1. The number of rotatable bonds is 2. The molecule has 0 aliphatic carbocycles. The van der Waals surface area contributed by atoms with E-state index < -0.39 is 0 Å². The summed E-state index contributed by atoms with van der Waals surface area (Å²) in [6, 6.07) is 37.4. The van der Waals surface area contributed by atoms with Crippen LogP contribution in [0.25, 0.3) is 27.3 Å². The first kappa shape index (κ1) is 17.7. The lowest BCUT2D eigenvalue weighted by molar-refractivity contribution is 0.574. The molecule has 32 heavy (non-hydrogen) atoms. The smallest absolute Gasteiger partial charge is 0.145 e. The summed E-state index contributed by atoms with van der Waals surface area (Å²) in [4.78, 5) is 5.20. The molecular formula is C30H22N2. The van der Waals surface area contributed by atoms with Gasteiger partial charge in [-0.15, -0.1) is 0 Å². The molecule has 0 bridgehead atoms. The number of aromatic nitrogens is 2. The van der Waals surface area contributed by atoms with Gasteiger partial charge in [0.2, 0.25) is 0 Å². The van der Waals surface area contributed by atoms with Gasteiger partial charge in [0.1, 0.15) is 5.65 Å². The van der Waals surface area contributed by atoms with E-state index in [9.17, 15) is 0 Å². The molecule has 0 atom stereocenters. The number of nitrogens with zero attached hydrogens (tertiary/aromatic N) is 2. The van der Waals surface area contributed by atoms with E-state index in [1.807, 2.05) is 0 Å². The molecule has 0 amide bonds. The summed E-state index contributed by atoms with van der Waals surface area (Å²) in [5.41, 5.74) is 8.46. The van der Waals surface area contributed by atoms with E-state index in [4.69, 9.17) is 4.98 Å². The minimum Gasteiger partial charge on any atom is -0.294 e. The third kappa shape index (κ3) is 2.12. The molecular weight excluding hydrogens is 388 g/mol. The van der Waals surface area contributed by atoms with Gasteiger partial charge in [0, 0.05) is 10.8 Å². The summed E-state index contributed by atoms with van der Waals surface area (Å²) in [5, 5.41) is 3.79. The SMILES string of the molecule is Cc1nc2c3ccccc3c3cccc4c3n2c1C(c1ccccc1)(c1ccccc1)C4. The summed E-state index contributed by atoms with van der Waals surface area (Å²) < 4.78 is 2.46. The maximum absolute atomic E-state index is 5.20. The van der Waals surface area contributed by atoms with Gasteiger partial charge in [-0.25, -0.2) is 4.98 Å². The van der Waals surface area contributed by atoms with Gasteiger partial charge in [-0.3, -0.25) is 4.40 Å². The predicted molar refractivity (Wildman–Crippen MR) is 131 cm³/mol. The number of aryl methyl sites for hydroxylation is 1. The van der Waals surface area contributed by atoms with E-state index in [1.165, 1.54) is 44.1 Å². The van der Waals surface area contributed by atoms with Crippen LogP contribution in [0.1, 0.15) is 28.1 Å². The molecule has 7 rings (SSSR count). The highest BCUT2D eigenvalue weighted by atomic mass is 15.1. The van der Waals surface area contributed by atoms with Crippen molar-refractivity contribution in [3.05, 3.63) is 131 Å². The highest BCUT2D eigenvalue weighted by molar-refractivity contribution is 6.13. The number of benzene rings is 4. The van der Waals surface area contributed by atoms with Gasteiger partial charge in [0.25, 0.3) is 0 Å². The van der Waals surface area contributed by atoms with Crippen LogP contribution in [0, 0.1) is 6.92 Å². The Labute approximate surface area is 186 Å². The molecule has 1 aliphatic heterocycles. The maximum Gasteiger partial charge on any atom is 0.145 e. The number of imidazole rings is 1. The molecule has 152 valence electrons. The molecule has 0 spiro atoms. The van der Waals surface area contributed by atoms with Gasteiger partial charge >= 0.3 is 0 Å². The zero-order valence-electron chi connectivity index (χ0n) is 17.9. The summed E-state index contributed by atoms with van der Waals surface area (Å²) in [5.74, 6) is 0. The van der Waals surface area contributed by atoms with Gasteiger partial charge in [-0.1, -0.05) is 103 Å². The minimum atomic E-state index is -0.296. The van der Waals surface area contributed by atoms with Gasteiger partial charge < -0.3 is 0 Å². The molecule has 2 nitrogen and oxygen atoms in total. The fraction of sp³-hybridized carbons (Fsp3) is 0.100. The van der Waals surface area contributed by atoms with Crippen LogP contribution < -0.4 is 0 Å². The monoisotopic (exact) mass is 410 g/mol. The molecule has 0 saturated carbocycles. The normalized spacial score (nSPS) is 14.5. The second-order valence-corrected chi connectivity index (χ2v) is 8.88. The zero-order valence-corrected chi connectivity index (χ0v) is 17.9. The van der Waals surface area contributed by atoms with Crippen molar-refractivity contribution in [1.29, 1.82) is 0 Å². The molecule has 1 aliphatic rings. The van der Waals surface area contributed by atoms with Crippen LogP contribution in [-0.4, -0.2) is 9.38 Å². The van der Waals surface area contributed by atoms with Crippen LogP contribution in [0.3, 0.4) is 0 Å². The minimum absolute atomic E-state index is 0.296. The van der Waals surface area contributed by atoms with Crippen LogP contribution in [0.5, 0.6) is 0 Å². The van der Waals surface area contributed by atoms with Crippen molar-refractivity contribution in [3.8, 4) is 0 Å². The maximum atomic E-state index is 5.20. The molecule has 0 fully saturated rings. The molecule has 3 heterocycles. The summed E-state index contributed by atoms with van der Waals surface area (Å²) in [6.07, 6.45) is 0.915. The third-order valence-corrected chi connectivity index (χ3v) is 7.25. The van der Waals surface area contributed by atoms with Crippen molar-refractivity contribution >= 4 is 27.3 Å². The molecule has 6 aromatic rings. The lowest BCUT2D eigenvalue weighted by Crippen LogP contribution is -2.36. The second-order valence-electron chi connectivity index (χ2n) is 8.88. The van der Waals surface area contributed by atoms with Crippen molar-refractivity contribution in [1.82, 2.24) is 9.38 Å². The van der Waals surface area contributed by atoms with Crippen molar-refractivity contribution in [3.63, 3.8) is 0 Å². The van der Waals surface area contributed by atoms with E-state index >= 15 is 0 Å². The first-order valence-corrected chi connectivity index (χ1v) is 11.2. The van der Waals surface area contributed by atoms with E-state index in [-0.39, 0.29) is 5.41 Å². The topological polar surface area (TPSA) is 17.3 Å². The largest absolute Gasteiger partial charge is 0.294 e. The Morgan fingerprint density at radius 1 is 0.656 bits per heavy atom. The van der Waals surface area contributed by atoms with Crippen molar-refractivity contribution < 1.29 is 0 Å². The van der Waals surface area contributed by atoms with E-state index in [0.29, 0.717) is 0 Å². The summed E-state index contributed by atoms with van der Waals surface area (Å²) >= 11 is 0. The highest BCUT2D eigenvalue weighted by Crippen LogP contribution is 2.49. The van der Waals surface area contributed by atoms with Crippen LogP contribution in [0.2, 0.25) is 0 Å². The number of hydrogen-bond acceptors (Lipinski definition) is 1. The van der Waals surface area contributed by atoms with Crippen molar-refractivity contribution in [2.75, 3.05) is 0 Å². The van der Waals surface area contributed by atoms with Crippen molar-refractivity contribution in [2.24, 2.45) is 0 Å². The number of hydrogen-bond donors (Lipinski definition) is 0. The van der Waals surface area contributed by atoms with E-state index in [1.54, 1.807) is 0 Å². The molecule has 0 radical (unpaired) electrons. The number of fused-ring (bicyclic) bond motifs is 3. The van der Waals surface area contributed by atoms with Crippen LogP contribution in [0.4, 0.5) is 0 Å². The lowest BCUT2D eigenvalue weighted by atomic mass is 9.66. The predicted octanol–water partition coefficient (Wildman–Crippen LogP) is 6.84. The molecule has 0 N–H and O–H groups in total. The van der Waals surface area contributed by atoms with Crippen LogP contribution in [-0.2, 0) is 11.8 Å². The third-order valence-electron chi connectivity index (χ3n) is 7.25. The molecule has 2 heteroatoms. The first-order valence-electron chi connectivity index (χ1n) is 11.2. The second kappa shape index (κ2) is 6.30. The average Bonchev–Trinajstić information content (AvgIpc) is 3.22. The van der Waals surface area contributed by atoms with Gasteiger partial charge in [0.15, 0.2) is 0 Å². The Morgan fingerprint density at radius 2 is 1.25 bits per heavy atom. The lowest BCUT2D eigenvalue weighted by Gasteiger charge is -2.39. The quantitative estimate of drug-likeness (QED) is 0.286. The number of para-hydroxylation sites is 1. The van der Waals surface area contributed by atoms with Crippen LogP contribution >= 0.6 is 0 Å². The first-order chi connectivity index (χ1) is 15.8. The Hall–Kier alpha value is -3.91. The Kier molecular flexibility index (Phi) is 3.49. The standard InChI is InChI=1S/C30H22N2/c1-20-28-30(22-12-4-2-5-13-22,23-14-6-3-7-15-23)19-21-11-10-18-25-24-16-8-9-17-26(24)29(31-20)32(28)27(21)25/h2-18H,19H2,1H3. The van der Waals surface area contributed by atoms with Gasteiger partial charge in [-0.05, 0) is 35.4 Å². The highest BCUT2D eigenvalue weighted by Gasteiger charge is 2.44. The summed E-state index contributed by atoms with van der Waals surface area (Å²) in [7, 11) is 0. The molecule has 2 aromatic heterocycles. The Balaban J connectivity index is 1.76. The Morgan fingerprint density at radius 3 is 1.94 bits per heavy atom. The molecule has 4 aromatic carbocycles. The Bertz CT molecular complexity index is 1600. The van der Waals surface area contributed by atoms with E-state index in [0.717, 1.165) is 17.8 Å². The van der Waals surface area contributed by atoms with Crippen LogP contribution in [0.15, 0.2) is 103 Å². The fourth-order valence-electron chi connectivity index (χ4n) is 6.01. The molecule has 0 saturated heterocycles. The average molecular weight is 411 g/mol. The van der Waals surface area contributed by atoms with Gasteiger partial charge in [0.05, 0.1) is 22.3 Å². The zero-order chi connectivity index (χ0) is 21.3. The fourth-order valence-corrected chi connectivity index (χ4v) is 6.01. The van der Waals surface area contributed by atoms with Gasteiger partial charge in [-0.2, -0.15) is 0 Å².